The van der Waals surface area contributed by atoms with Crippen molar-refractivity contribution >= 4 is 45.2 Å². The third-order valence-electron chi connectivity index (χ3n) is 10.3. The van der Waals surface area contributed by atoms with Crippen LogP contribution >= 0.6 is 11.7 Å². The highest BCUT2D eigenvalue weighted by atomic mass is 32.1. The Morgan fingerprint density at radius 1 is 0.464 bits per heavy atom. The van der Waals surface area contributed by atoms with Crippen LogP contribution in [0.15, 0.2) is 78.9 Å². The number of H-pyrrole nitrogens is 1. The predicted molar refractivity (Wildman–Crippen MR) is 253 cm³/mol. The van der Waals surface area contributed by atoms with Gasteiger partial charge in [-0.05, 0) is 61.1 Å². The van der Waals surface area contributed by atoms with E-state index in [-0.39, 0.29) is 29.7 Å². The Morgan fingerprint density at radius 3 is 1.30 bits per heavy atom. The van der Waals surface area contributed by atoms with Crippen molar-refractivity contribution in [3.8, 4) is 33.6 Å². The standard InChI is InChI=1S/C45H58N6S.4CH4/c1-5-9-16-30-50(31-17-10-6-2)37-26-22-34(23-27-37)39-41-42(47-45(46-41)36-20-14-13-15-21-36)40(44-43(39)48-52-49-44)35-24-28-38(29-25-35)51(32-18-11-7-3)33-19-12-8-4;;;;/h13-15,20-29,48H,5-12,16-19,30-33H2,1-4H3;4*1H4. The molecule has 7 heteroatoms. The van der Waals surface area contributed by atoms with Crippen molar-refractivity contribution < 1.29 is 0 Å². The van der Waals surface area contributed by atoms with E-state index in [2.05, 4.69) is 115 Å². The normalized spacial score (nSPS) is 10.7. The first kappa shape index (κ1) is 47.9. The van der Waals surface area contributed by atoms with E-state index in [0.717, 1.165) is 81.9 Å². The quantitative estimate of drug-likeness (QED) is 0.0737. The lowest BCUT2D eigenvalue weighted by atomic mass is 9.95. The third kappa shape index (κ3) is 11.4. The summed E-state index contributed by atoms with van der Waals surface area (Å²) in [5, 5.41) is 0. The molecule has 0 fully saturated rings. The molecule has 0 aliphatic rings. The number of hydrogen-bond donors (Lipinski definition) is 1. The maximum Gasteiger partial charge on any atom is 0.160 e. The van der Waals surface area contributed by atoms with Gasteiger partial charge in [0.1, 0.15) is 16.6 Å². The summed E-state index contributed by atoms with van der Waals surface area (Å²) in [7, 11) is 0. The van der Waals surface area contributed by atoms with E-state index in [0.29, 0.717) is 0 Å². The predicted octanol–water partition coefficient (Wildman–Crippen LogP) is 15.5. The Balaban J connectivity index is 0.00000271. The fourth-order valence-corrected chi connectivity index (χ4v) is 7.98. The van der Waals surface area contributed by atoms with Gasteiger partial charge >= 0.3 is 0 Å². The maximum absolute atomic E-state index is 5.29. The second-order valence-electron chi connectivity index (χ2n) is 14.3. The van der Waals surface area contributed by atoms with Crippen molar-refractivity contribution in [2.75, 3.05) is 36.0 Å². The van der Waals surface area contributed by atoms with Crippen LogP contribution in [0, 0.1) is 0 Å². The van der Waals surface area contributed by atoms with Crippen LogP contribution in [0.2, 0.25) is 0 Å². The molecule has 0 atom stereocenters. The van der Waals surface area contributed by atoms with Gasteiger partial charge in [0.15, 0.2) is 5.82 Å². The fourth-order valence-electron chi connectivity index (χ4n) is 7.37. The maximum atomic E-state index is 5.29. The first-order valence-corrected chi connectivity index (χ1v) is 20.9. The summed E-state index contributed by atoms with van der Waals surface area (Å²) in [5.74, 6) is 0.749. The van der Waals surface area contributed by atoms with Crippen LogP contribution in [-0.4, -0.2) is 44.9 Å². The molecule has 0 saturated carbocycles. The molecule has 6 aromatic rings. The van der Waals surface area contributed by atoms with Crippen molar-refractivity contribution in [1.29, 1.82) is 0 Å². The summed E-state index contributed by atoms with van der Waals surface area (Å²) in [6.45, 7) is 13.5. The molecule has 0 amide bonds. The van der Waals surface area contributed by atoms with Gasteiger partial charge in [0.05, 0.1) is 5.52 Å². The second-order valence-corrected chi connectivity index (χ2v) is 14.8. The van der Waals surface area contributed by atoms with Crippen molar-refractivity contribution in [3.63, 3.8) is 0 Å². The minimum Gasteiger partial charge on any atom is -0.372 e. The van der Waals surface area contributed by atoms with Crippen LogP contribution in [0.5, 0.6) is 0 Å². The van der Waals surface area contributed by atoms with Crippen LogP contribution < -0.4 is 9.80 Å². The molecule has 0 aliphatic carbocycles. The number of aromatic amines is 1. The summed E-state index contributed by atoms with van der Waals surface area (Å²) in [5.41, 5.74) is 11.8. The SMILES string of the molecule is C.C.C.C.CCCCCN(CCCCC)c1ccc(-c2c3nc(-c4ccccc4)nc3c(-c3ccc(N(CCCCC)CCCCC)cc3)c3[nH]snc23)cc1. The van der Waals surface area contributed by atoms with Crippen molar-refractivity contribution in [3.05, 3.63) is 78.9 Å². The van der Waals surface area contributed by atoms with Crippen molar-refractivity contribution in [1.82, 2.24) is 18.7 Å². The summed E-state index contributed by atoms with van der Waals surface area (Å²) in [6.07, 6.45) is 14.9. The lowest BCUT2D eigenvalue weighted by Crippen LogP contribution is -2.25. The van der Waals surface area contributed by atoms with Crippen molar-refractivity contribution in [2.24, 2.45) is 0 Å². The van der Waals surface area contributed by atoms with Gasteiger partial charge in [-0.3, -0.25) is 4.37 Å². The van der Waals surface area contributed by atoms with Gasteiger partial charge in [0, 0.05) is 66.0 Å². The Labute approximate surface area is 345 Å². The summed E-state index contributed by atoms with van der Waals surface area (Å²) in [4.78, 5) is 15.7. The lowest BCUT2D eigenvalue weighted by Gasteiger charge is -2.25. The van der Waals surface area contributed by atoms with Crippen LogP contribution in [0.1, 0.15) is 134 Å². The molecule has 2 aromatic heterocycles. The Kier molecular flexibility index (Phi) is 20.9. The van der Waals surface area contributed by atoms with Gasteiger partial charge in [-0.1, -0.05) is 163 Å². The highest BCUT2D eigenvalue weighted by Gasteiger charge is 2.24. The smallest absolute Gasteiger partial charge is 0.160 e. The number of nitrogens with zero attached hydrogens (tertiary/aromatic N) is 5. The molecule has 0 bridgehead atoms. The largest absolute Gasteiger partial charge is 0.372 e. The van der Waals surface area contributed by atoms with Gasteiger partial charge < -0.3 is 9.80 Å². The number of fused-ring (bicyclic) bond motifs is 2. The topological polar surface area (TPSA) is 60.9 Å². The molecule has 4 aromatic carbocycles. The van der Waals surface area contributed by atoms with Crippen LogP contribution in [0.4, 0.5) is 11.4 Å². The van der Waals surface area contributed by atoms with E-state index < -0.39 is 0 Å². The van der Waals surface area contributed by atoms with Crippen LogP contribution in [0.3, 0.4) is 0 Å². The number of imidazole rings is 1. The van der Waals surface area contributed by atoms with E-state index in [1.807, 2.05) is 6.07 Å². The van der Waals surface area contributed by atoms with E-state index in [1.165, 1.54) is 100 Å². The van der Waals surface area contributed by atoms with E-state index >= 15 is 0 Å². The molecule has 0 aliphatic heterocycles. The van der Waals surface area contributed by atoms with Gasteiger partial charge in [0.25, 0.3) is 0 Å². The average molecular weight is 779 g/mol. The average Bonchev–Trinajstić information content (AvgIpc) is 3.85. The number of hydrogen-bond acceptors (Lipinski definition) is 6. The second kappa shape index (κ2) is 24.4. The molecule has 56 heavy (non-hydrogen) atoms. The van der Waals surface area contributed by atoms with Gasteiger partial charge in [-0.2, -0.15) is 4.37 Å². The minimum absolute atomic E-state index is 0. The molecule has 0 spiro atoms. The lowest BCUT2D eigenvalue weighted by molar-refractivity contribution is 0.636. The monoisotopic (exact) mass is 779 g/mol. The molecule has 306 valence electrons. The number of benzene rings is 4. The number of anilines is 2. The zero-order valence-corrected chi connectivity index (χ0v) is 32.8. The third-order valence-corrected chi connectivity index (χ3v) is 10.9. The van der Waals surface area contributed by atoms with Crippen molar-refractivity contribution in [2.45, 2.75) is 134 Å². The zero-order valence-electron chi connectivity index (χ0n) is 32.0. The molecule has 1 N–H and O–H groups in total. The van der Waals surface area contributed by atoms with E-state index in [4.69, 9.17) is 14.3 Å². The molecular weight excluding hydrogens is 705 g/mol. The molecular formula is C49H74N6S. The first-order valence-electron chi connectivity index (χ1n) is 20.1. The molecule has 0 unspecified atom stereocenters. The number of nitrogens with one attached hydrogen (secondary N) is 1. The fraction of sp³-hybridized carbons (Fsp3) is 0.490. The van der Waals surface area contributed by atoms with Gasteiger partial charge in [-0.25, -0.2) is 9.97 Å². The molecule has 6 rings (SSSR count). The molecule has 6 nitrogen and oxygen atoms in total. The Bertz CT molecular complexity index is 1810. The van der Waals surface area contributed by atoms with E-state index in [1.54, 1.807) is 0 Å². The van der Waals surface area contributed by atoms with E-state index in [9.17, 15) is 0 Å². The molecule has 0 saturated heterocycles. The molecule has 0 radical (unpaired) electrons. The highest BCUT2D eigenvalue weighted by molar-refractivity contribution is 7.00. The zero-order chi connectivity index (χ0) is 36.1. The summed E-state index contributed by atoms with van der Waals surface area (Å²) < 4.78 is 8.57. The van der Waals surface area contributed by atoms with Gasteiger partial charge in [-0.15, -0.1) is 0 Å². The van der Waals surface area contributed by atoms with Crippen LogP contribution in [0.25, 0.3) is 55.7 Å². The summed E-state index contributed by atoms with van der Waals surface area (Å²) in [6, 6.07) is 28.7. The van der Waals surface area contributed by atoms with Crippen LogP contribution in [-0.2, 0) is 0 Å². The number of unbranched alkanes of at least 4 members (excludes halogenated alkanes) is 8. The summed E-state index contributed by atoms with van der Waals surface area (Å²) >= 11 is 1.40. The number of aromatic nitrogens is 4. The minimum atomic E-state index is 0. The number of rotatable bonds is 21. The first-order chi connectivity index (χ1) is 25.7. The highest BCUT2D eigenvalue weighted by Crippen LogP contribution is 2.43. The Morgan fingerprint density at radius 2 is 0.875 bits per heavy atom. The molecule has 2 heterocycles. The Hall–Kier alpha value is -4.23. The van der Waals surface area contributed by atoms with Gasteiger partial charge in [0.2, 0.25) is 0 Å².